The van der Waals surface area contributed by atoms with Crippen LogP contribution in [0.3, 0.4) is 0 Å². The topological polar surface area (TPSA) is 103 Å². The van der Waals surface area contributed by atoms with E-state index >= 15 is 0 Å². The van der Waals surface area contributed by atoms with E-state index in [2.05, 4.69) is 10.4 Å². The number of carboxylic acids is 1. The third-order valence-electron chi connectivity index (χ3n) is 4.31. The predicted octanol–water partition coefficient (Wildman–Crippen LogP) is 2.68. The van der Waals surface area contributed by atoms with Gasteiger partial charge >= 0.3 is 5.97 Å². The van der Waals surface area contributed by atoms with Crippen LogP contribution in [0, 0.1) is 0 Å². The molecule has 1 aromatic heterocycles. The van der Waals surface area contributed by atoms with Crippen LogP contribution in [0.25, 0.3) is 0 Å². The average Bonchev–Trinajstić information content (AvgIpc) is 3.10. The Morgan fingerprint density at radius 2 is 2.00 bits per heavy atom. The minimum atomic E-state index is -1.19. The number of aryl methyl sites for hydroxylation is 1. The second-order valence-corrected chi connectivity index (χ2v) is 6.62. The molecule has 8 nitrogen and oxygen atoms in total. The van der Waals surface area contributed by atoms with Gasteiger partial charge in [-0.25, -0.2) is 4.79 Å². The molecule has 2 aromatic rings. The SMILES string of the molecule is COc1ccc(CCCC(=O)Nc2cnn(C(C)(C)C(=O)O)c2)c(OC)c1. The maximum Gasteiger partial charge on any atom is 0.331 e. The van der Waals surface area contributed by atoms with E-state index in [9.17, 15) is 14.7 Å². The van der Waals surface area contributed by atoms with Gasteiger partial charge in [-0.05, 0) is 38.3 Å². The van der Waals surface area contributed by atoms with Gasteiger partial charge in [0.05, 0.1) is 26.1 Å². The summed E-state index contributed by atoms with van der Waals surface area (Å²) in [5.74, 6) is 0.286. The number of rotatable bonds is 9. The van der Waals surface area contributed by atoms with E-state index in [4.69, 9.17) is 9.47 Å². The van der Waals surface area contributed by atoms with E-state index in [0.717, 1.165) is 17.1 Å². The number of amides is 1. The minimum absolute atomic E-state index is 0.157. The molecule has 0 bridgehead atoms. The Labute approximate surface area is 158 Å². The highest BCUT2D eigenvalue weighted by Gasteiger charge is 2.30. The van der Waals surface area contributed by atoms with Gasteiger partial charge in [0.1, 0.15) is 11.5 Å². The molecule has 0 atom stereocenters. The van der Waals surface area contributed by atoms with Gasteiger partial charge in [0.2, 0.25) is 5.91 Å². The summed E-state index contributed by atoms with van der Waals surface area (Å²) in [5, 5.41) is 16.0. The molecule has 8 heteroatoms. The van der Waals surface area contributed by atoms with Crippen molar-refractivity contribution >= 4 is 17.6 Å². The number of carboxylic acid groups (broad SMARTS) is 1. The van der Waals surface area contributed by atoms with E-state index in [0.29, 0.717) is 24.9 Å². The third kappa shape index (κ3) is 4.99. The molecule has 0 aliphatic carbocycles. The summed E-state index contributed by atoms with van der Waals surface area (Å²) in [4.78, 5) is 23.4. The summed E-state index contributed by atoms with van der Waals surface area (Å²) < 4.78 is 11.8. The van der Waals surface area contributed by atoms with Crippen LogP contribution < -0.4 is 14.8 Å². The van der Waals surface area contributed by atoms with Crippen molar-refractivity contribution in [3.8, 4) is 11.5 Å². The molecule has 1 aromatic carbocycles. The number of carbonyl (C=O) groups is 2. The summed E-state index contributed by atoms with van der Waals surface area (Å²) >= 11 is 0. The van der Waals surface area contributed by atoms with Gasteiger partial charge in [0.15, 0.2) is 5.54 Å². The van der Waals surface area contributed by atoms with E-state index in [1.165, 1.54) is 30.9 Å². The number of aromatic nitrogens is 2. The second-order valence-electron chi connectivity index (χ2n) is 6.62. The number of hydrogen-bond donors (Lipinski definition) is 2. The van der Waals surface area contributed by atoms with Crippen molar-refractivity contribution in [2.45, 2.75) is 38.6 Å². The maximum atomic E-state index is 12.1. The van der Waals surface area contributed by atoms with Crippen LogP contribution in [0.1, 0.15) is 32.3 Å². The molecule has 0 aliphatic heterocycles. The first kappa shape index (κ1) is 20.3. The number of methoxy groups -OCH3 is 2. The van der Waals surface area contributed by atoms with Crippen molar-refractivity contribution in [3.63, 3.8) is 0 Å². The highest BCUT2D eigenvalue weighted by molar-refractivity contribution is 5.90. The molecule has 0 saturated carbocycles. The van der Waals surface area contributed by atoms with Crippen LogP contribution in [0.4, 0.5) is 5.69 Å². The Morgan fingerprint density at radius 1 is 1.26 bits per heavy atom. The normalized spacial score (nSPS) is 11.1. The molecule has 0 saturated heterocycles. The molecular formula is C19H25N3O5. The Hall–Kier alpha value is -3.03. The smallest absolute Gasteiger partial charge is 0.331 e. The van der Waals surface area contributed by atoms with E-state index in [1.807, 2.05) is 18.2 Å². The number of carbonyl (C=O) groups excluding carboxylic acids is 1. The molecule has 0 radical (unpaired) electrons. The molecule has 27 heavy (non-hydrogen) atoms. The predicted molar refractivity (Wildman–Crippen MR) is 100 cm³/mol. The summed E-state index contributed by atoms with van der Waals surface area (Å²) in [5.41, 5.74) is 0.284. The van der Waals surface area contributed by atoms with Gasteiger partial charge in [-0.1, -0.05) is 6.07 Å². The van der Waals surface area contributed by atoms with Gasteiger partial charge in [-0.15, -0.1) is 0 Å². The van der Waals surface area contributed by atoms with Gasteiger partial charge in [0.25, 0.3) is 0 Å². The number of ether oxygens (including phenoxy) is 2. The zero-order chi connectivity index (χ0) is 20.0. The fraction of sp³-hybridized carbons (Fsp3) is 0.421. The van der Waals surface area contributed by atoms with Crippen LogP contribution >= 0.6 is 0 Å². The van der Waals surface area contributed by atoms with Crippen LogP contribution in [-0.2, 0) is 21.5 Å². The zero-order valence-corrected chi connectivity index (χ0v) is 16.0. The van der Waals surface area contributed by atoms with Crippen LogP contribution in [0.5, 0.6) is 11.5 Å². The van der Waals surface area contributed by atoms with Gasteiger partial charge < -0.3 is 19.9 Å². The molecule has 2 rings (SSSR count). The van der Waals surface area contributed by atoms with E-state index in [-0.39, 0.29) is 5.91 Å². The second kappa shape index (κ2) is 8.57. The Balaban J connectivity index is 1.89. The highest BCUT2D eigenvalue weighted by atomic mass is 16.5. The maximum absolute atomic E-state index is 12.1. The highest BCUT2D eigenvalue weighted by Crippen LogP contribution is 2.26. The fourth-order valence-electron chi connectivity index (χ4n) is 2.51. The van der Waals surface area contributed by atoms with Crippen molar-refractivity contribution in [1.29, 1.82) is 0 Å². The lowest BCUT2D eigenvalue weighted by atomic mass is 10.1. The standard InChI is InChI=1S/C19H25N3O5/c1-19(2,18(24)25)22-12-14(11-20-22)21-17(23)7-5-6-13-8-9-15(26-3)10-16(13)27-4/h8-12H,5-7H2,1-4H3,(H,21,23)(H,24,25). The van der Waals surface area contributed by atoms with E-state index in [1.54, 1.807) is 14.2 Å². The molecular weight excluding hydrogens is 350 g/mol. The average molecular weight is 375 g/mol. The molecule has 1 heterocycles. The van der Waals surface area contributed by atoms with Crippen molar-refractivity contribution < 1.29 is 24.2 Å². The van der Waals surface area contributed by atoms with Crippen molar-refractivity contribution in [3.05, 3.63) is 36.2 Å². The van der Waals surface area contributed by atoms with Crippen molar-refractivity contribution in [2.24, 2.45) is 0 Å². The quantitative estimate of drug-likeness (QED) is 0.698. The lowest BCUT2D eigenvalue weighted by molar-refractivity contribution is -0.146. The van der Waals surface area contributed by atoms with Crippen LogP contribution in [-0.4, -0.2) is 41.0 Å². The van der Waals surface area contributed by atoms with Gasteiger partial charge in [-0.3, -0.25) is 9.48 Å². The third-order valence-corrected chi connectivity index (χ3v) is 4.31. The first-order chi connectivity index (χ1) is 12.8. The number of anilines is 1. The molecule has 0 unspecified atom stereocenters. The van der Waals surface area contributed by atoms with Crippen molar-refractivity contribution in [2.75, 3.05) is 19.5 Å². The Kier molecular flexibility index (Phi) is 6.44. The number of aliphatic carboxylic acids is 1. The van der Waals surface area contributed by atoms with Crippen LogP contribution in [0.15, 0.2) is 30.6 Å². The number of benzene rings is 1. The van der Waals surface area contributed by atoms with E-state index < -0.39 is 11.5 Å². The molecule has 0 spiro atoms. The fourth-order valence-corrected chi connectivity index (χ4v) is 2.51. The molecule has 2 N–H and O–H groups in total. The molecule has 0 fully saturated rings. The molecule has 0 aliphatic rings. The first-order valence-electron chi connectivity index (χ1n) is 8.57. The number of nitrogens with zero attached hydrogens (tertiary/aromatic N) is 2. The monoisotopic (exact) mass is 375 g/mol. The summed E-state index contributed by atoms with van der Waals surface area (Å²) in [6, 6.07) is 5.60. The summed E-state index contributed by atoms with van der Waals surface area (Å²) in [6.45, 7) is 3.08. The Morgan fingerprint density at radius 3 is 2.63 bits per heavy atom. The van der Waals surface area contributed by atoms with Crippen molar-refractivity contribution in [1.82, 2.24) is 9.78 Å². The van der Waals surface area contributed by atoms with Crippen LogP contribution in [0.2, 0.25) is 0 Å². The Bertz CT molecular complexity index is 813. The lowest BCUT2D eigenvalue weighted by Gasteiger charge is -2.19. The number of nitrogens with one attached hydrogen (secondary N) is 1. The molecule has 1 amide bonds. The number of hydrogen-bond acceptors (Lipinski definition) is 5. The largest absolute Gasteiger partial charge is 0.497 e. The summed E-state index contributed by atoms with van der Waals surface area (Å²) in [6.07, 6.45) is 4.60. The minimum Gasteiger partial charge on any atom is -0.497 e. The zero-order valence-electron chi connectivity index (χ0n) is 16.0. The lowest BCUT2D eigenvalue weighted by Crippen LogP contribution is -2.35. The van der Waals surface area contributed by atoms with Gasteiger partial charge in [0, 0.05) is 18.7 Å². The first-order valence-corrected chi connectivity index (χ1v) is 8.57. The summed E-state index contributed by atoms with van der Waals surface area (Å²) in [7, 11) is 3.19. The molecule has 146 valence electrons. The van der Waals surface area contributed by atoms with Gasteiger partial charge in [-0.2, -0.15) is 5.10 Å².